The van der Waals surface area contributed by atoms with Gasteiger partial charge in [-0.15, -0.1) is 10.2 Å². The average Bonchev–Trinajstić information content (AvgIpc) is 3.44. The first-order chi connectivity index (χ1) is 16.4. The van der Waals surface area contributed by atoms with Gasteiger partial charge in [-0.3, -0.25) is 9.97 Å². The predicted molar refractivity (Wildman–Crippen MR) is 114 cm³/mol. The third kappa shape index (κ3) is 3.85. The van der Waals surface area contributed by atoms with E-state index in [-0.39, 0.29) is 28.6 Å². The summed E-state index contributed by atoms with van der Waals surface area (Å²) in [6.45, 7) is -0.0325. The molecule has 1 N–H and O–H groups in total. The average molecular weight is 485 g/mol. The standard InChI is InChI=1S/C22H17F2N5O4S/c23-20(24)22-28-27-21(33-22)13-7-8-14-12-29(34(31,32)17(14)11-13)18(15-5-1-3-9-25-15)19(30)16-6-2-4-10-26-16/h1-11,18-20,30H,12H2/t18-,19+/m0/s1. The van der Waals surface area contributed by atoms with Crippen LogP contribution in [0.5, 0.6) is 0 Å². The summed E-state index contributed by atoms with van der Waals surface area (Å²) in [5.41, 5.74) is 1.28. The largest absolute Gasteiger partial charge is 0.415 e. The second-order valence-corrected chi connectivity index (χ2v) is 9.38. The van der Waals surface area contributed by atoms with Gasteiger partial charge in [-0.05, 0) is 42.0 Å². The molecule has 5 rings (SSSR count). The summed E-state index contributed by atoms with van der Waals surface area (Å²) < 4.78 is 59.0. The lowest BCUT2D eigenvalue weighted by Crippen LogP contribution is -2.34. The molecule has 1 aromatic carbocycles. The molecule has 0 amide bonds. The lowest BCUT2D eigenvalue weighted by molar-refractivity contribution is 0.0827. The van der Waals surface area contributed by atoms with Crippen molar-refractivity contribution in [3.05, 3.63) is 89.8 Å². The Morgan fingerprint density at radius 3 is 2.29 bits per heavy atom. The molecule has 0 radical (unpaired) electrons. The molecule has 12 heteroatoms. The van der Waals surface area contributed by atoms with Crippen molar-refractivity contribution in [3.63, 3.8) is 0 Å². The van der Waals surface area contributed by atoms with Crippen LogP contribution in [-0.4, -0.2) is 38.0 Å². The highest BCUT2D eigenvalue weighted by Crippen LogP contribution is 2.43. The summed E-state index contributed by atoms with van der Waals surface area (Å²) >= 11 is 0. The predicted octanol–water partition coefficient (Wildman–Crippen LogP) is 3.44. The number of aliphatic hydroxyl groups is 1. The minimum atomic E-state index is -4.12. The van der Waals surface area contributed by atoms with Gasteiger partial charge in [0.05, 0.1) is 22.3 Å². The Morgan fingerprint density at radius 2 is 1.68 bits per heavy atom. The smallest absolute Gasteiger partial charge is 0.314 e. The van der Waals surface area contributed by atoms with Gasteiger partial charge in [-0.2, -0.15) is 13.1 Å². The first-order valence-corrected chi connectivity index (χ1v) is 11.6. The second kappa shape index (κ2) is 8.63. The summed E-state index contributed by atoms with van der Waals surface area (Å²) in [4.78, 5) is 8.41. The molecular weight excluding hydrogens is 468 g/mol. The number of nitrogens with zero attached hydrogens (tertiary/aromatic N) is 5. The number of alkyl halides is 2. The van der Waals surface area contributed by atoms with Crippen LogP contribution in [0.3, 0.4) is 0 Å². The zero-order valence-corrected chi connectivity index (χ0v) is 18.2. The molecule has 0 saturated carbocycles. The van der Waals surface area contributed by atoms with Crippen molar-refractivity contribution in [1.29, 1.82) is 0 Å². The maximum absolute atomic E-state index is 13.6. The summed E-state index contributed by atoms with van der Waals surface area (Å²) in [5.74, 6) is -1.07. The molecule has 1 aliphatic heterocycles. The fraction of sp³-hybridized carbons (Fsp3) is 0.182. The maximum Gasteiger partial charge on any atom is 0.314 e. The number of aromatic nitrogens is 4. The molecule has 0 unspecified atom stereocenters. The van der Waals surface area contributed by atoms with E-state index in [9.17, 15) is 22.3 Å². The Morgan fingerprint density at radius 1 is 0.971 bits per heavy atom. The Balaban J connectivity index is 1.56. The minimum Gasteiger partial charge on any atom is -0.415 e. The SMILES string of the molecule is O=S1(=O)c2cc(-c3nnc(C(F)F)o3)ccc2CN1[C@@H](c1ccccn1)[C@H](O)c1ccccn1. The summed E-state index contributed by atoms with van der Waals surface area (Å²) in [7, 11) is -4.12. The van der Waals surface area contributed by atoms with Crippen LogP contribution < -0.4 is 0 Å². The normalized spacial score (nSPS) is 16.9. The number of benzene rings is 1. The Bertz CT molecular complexity index is 1420. The maximum atomic E-state index is 13.6. The molecule has 0 spiro atoms. The number of halogens is 2. The van der Waals surface area contributed by atoms with Crippen molar-refractivity contribution in [2.24, 2.45) is 0 Å². The van der Waals surface area contributed by atoms with Crippen LogP contribution in [0.4, 0.5) is 8.78 Å². The fourth-order valence-corrected chi connectivity index (χ4v) is 5.68. The molecule has 0 saturated heterocycles. The van der Waals surface area contributed by atoms with E-state index < -0.39 is 34.5 Å². The van der Waals surface area contributed by atoms with Gasteiger partial charge in [0.25, 0.3) is 5.89 Å². The summed E-state index contributed by atoms with van der Waals surface area (Å²) in [5, 5.41) is 18.1. The van der Waals surface area contributed by atoms with E-state index in [1.165, 1.54) is 24.5 Å². The number of rotatable bonds is 6. The molecule has 0 bridgehead atoms. The van der Waals surface area contributed by atoms with Crippen LogP contribution in [-0.2, 0) is 16.6 Å². The fourth-order valence-electron chi connectivity index (χ4n) is 3.86. The molecule has 0 fully saturated rings. The quantitative estimate of drug-likeness (QED) is 0.441. The van der Waals surface area contributed by atoms with Gasteiger partial charge in [0.2, 0.25) is 15.9 Å². The van der Waals surface area contributed by atoms with Crippen LogP contribution in [0.25, 0.3) is 11.5 Å². The monoisotopic (exact) mass is 485 g/mol. The zero-order chi connectivity index (χ0) is 23.9. The van der Waals surface area contributed by atoms with Crippen molar-refractivity contribution >= 4 is 10.0 Å². The van der Waals surface area contributed by atoms with Gasteiger partial charge in [0.15, 0.2) is 0 Å². The summed E-state index contributed by atoms with van der Waals surface area (Å²) in [6, 6.07) is 13.3. The minimum absolute atomic E-state index is 0.0325. The highest BCUT2D eigenvalue weighted by atomic mass is 32.2. The first kappa shape index (κ1) is 22.2. The van der Waals surface area contributed by atoms with Crippen molar-refractivity contribution < 1.29 is 26.7 Å². The lowest BCUT2D eigenvalue weighted by atomic mass is 10.0. The van der Waals surface area contributed by atoms with Gasteiger partial charge in [0, 0.05) is 24.5 Å². The highest BCUT2D eigenvalue weighted by molar-refractivity contribution is 7.89. The van der Waals surface area contributed by atoms with Crippen LogP contribution in [0.2, 0.25) is 0 Å². The Labute approximate surface area is 192 Å². The number of fused-ring (bicyclic) bond motifs is 1. The Hall–Kier alpha value is -3.61. The third-order valence-electron chi connectivity index (χ3n) is 5.45. The number of pyridine rings is 2. The van der Waals surface area contributed by atoms with Crippen LogP contribution >= 0.6 is 0 Å². The van der Waals surface area contributed by atoms with E-state index in [1.807, 2.05) is 0 Å². The second-order valence-electron chi connectivity index (χ2n) is 7.52. The van der Waals surface area contributed by atoms with E-state index in [4.69, 9.17) is 4.42 Å². The molecule has 34 heavy (non-hydrogen) atoms. The van der Waals surface area contributed by atoms with E-state index in [2.05, 4.69) is 20.2 Å². The molecule has 4 aromatic rings. The molecule has 9 nitrogen and oxygen atoms in total. The van der Waals surface area contributed by atoms with Gasteiger partial charge in [0.1, 0.15) is 6.10 Å². The number of aliphatic hydroxyl groups excluding tert-OH is 1. The van der Waals surface area contributed by atoms with Gasteiger partial charge in [-0.25, -0.2) is 8.42 Å². The summed E-state index contributed by atoms with van der Waals surface area (Å²) in [6.07, 6.45) is -1.23. The zero-order valence-electron chi connectivity index (χ0n) is 17.4. The first-order valence-electron chi connectivity index (χ1n) is 10.1. The van der Waals surface area contributed by atoms with Gasteiger partial charge < -0.3 is 9.52 Å². The highest BCUT2D eigenvalue weighted by Gasteiger charge is 2.44. The number of hydrogen-bond donors (Lipinski definition) is 1. The van der Waals surface area contributed by atoms with Crippen LogP contribution in [0.1, 0.15) is 41.4 Å². The van der Waals surface area contributed by atoms with Crippen LogP contribution in [0, 0.1) is 0 Å². The van der Waals surface area contributed by atoms with Crippen molar-refractivity contribution in [3.8, 4) is 11.5 Å². The molecule has 174 valence electrons. The van der Waals surface area contributed by atoms with E-state index >= 15 is 0 Å². The molecule has 2 atom stereocenters. The molecular formula is C22H17F2N5O4S. The van der Waals surface area contributed by atoms with E-state index in [1.54, 1.807) is 42.5 Å². The molecule has 1 aliphatic rings. The van der Waals surface area contributed by atoms with E-state index in [0.717, 1.165) is 4.31 Å². The van der Waals surface area contributed by atoms with Crippen molar-refractivity contribution in [2.45, 2.75) is 30.0 Å². The molecule has 0 aliphatic carbocycles. The Kier molecular flexibility index (Phi) is 5.63. The number of hydrogen-bond acceptors (Lipinski definition) is 8. The molecule has 3 aromatic heterocycles. The topological polar surface area (TPSA) is 122 Å². The molecule has 4 heterocycles. The van der Waals surface area contributed by atoms with Crippen LogP contribution in [0.15, 0.2) is 76.3 Å². The van der Waals surface area contributed by atoms with Gasteiger partial charge in [-0.1, -0.05) is 18.2 Å². The number of sulfonamides is 1. The van der Waals surface area contributed by atoms with Gasteiger partial charge >= 0.3 is 6.43 Å². The van der Waals surface area contributed by atoms with Crippen molar-refractivity contribution in [1.82, 2.24) is 24.5 Å². The van der Waals surface area contributed by atoms with E-state index in [0.29, 0.717) is 11.3 Å². The third-order valence-corrected chi connectivity index (χ3v) is 7.35. The lowest BCUT2D eigenvalue weighted by Gasteiger charge is -2.29. The van der Waals surface area contributed by atoms with Crippen molar-refractivity contribution in [2.75, 3.05) is 0 Å².